The van der Waals surface area contributed by atoms with Gasteiger partial charge in [-0.05, 0) is 19.4 Å². The molecule has 0 aliphatic rings. The summed E-state index contributed by atoms with van der Waals surface area (Å²) in [6.45, 7) is 4.48. The van der Waals surface area contributed by atoms with E-state index in [1.54, 1.807) is 0 Å². The summed E-state index contributed by atoms with van der Waals surface area (Å²) in [4.78, 5) is 0. The van der Waals surface area contributed by atoms with Crippen molar-refractivity contribution in [2.45, 2.75) is 13.8 Å². The molecule has 1 aromatic rings. The highest BCUT2D eigenvalue weighted by Gasteiger charge is 2.04. The summed E-state index contributed by atoms with van der Waals surface area (Å²) in [5.41, 5.74) is 2.10. The number of rotatable bonds is 3. The molecule has 0 unspecified atom stereocenters. The van der Waals surface area contributed by atoms with Crippen molar-refractivity contribution in [2.75, 3.05) is 6.61 Å². The molecule has 2 heteroatoms. The van der Waals surface area contributed by atoms with Gasteiger partial charge in [0.15, 0.2) is 0 Å². The van der Waals surface area contributed by atoms with Gasteiger partial charge in [-0.25, -0.2) is 0 Å². The number of aryl methyl sites for hydroxylation is 1. The average molecular weight is 187 g/mol. The second-order valence-electron chi connectivity index (χ2n) is 2.89. The summed E-state index contributed by atoms with van der Waals surface area (Å²) in [6.07, 6.45) is 1.44. The van der Waals surface area contributed by atoms with E-state index in [0.717, 1.165) is 11.1 Å². The maximum atomic E-state index is 8.61. The summed E-state index contributed by atoms with van der Waals surface area (Å²) < 4.78 is 5.39. The SMILES string of the molecule is CCO/C(=C/C#N)c1ccccc1C. The summed E-state index contributed by atoms with van der Waals surface area (Å²) in [5, 5.41) is 8.61. The first kappa shape index (κ1) is 10.3. The van der Waals surface area contributed by atoms with Crippen molar-refractivity contribution in [1.82, 2.24) is 0 Å². The summed E-state index contributed by atoms with van der Waals surface area (Å²) in [6, 6.07) is 9.85. The van der Waals surface area contributed by atoms with E-state index in [4.69, 9.17) is 10.00 Å². The van der Waals surface area contributed by atoms with E-state index in [-0.39, 0.29) is 0 Å². The molecule has 0 saturated carbocycles. The predicted octanol–water partition coefficient (Wildman–Crippen LogP) is 2.90. The van der Waals surface area contributed by atoms with E-state index < -0.39 is 0 Å². The third-order valence-corrected chi connectivity index (χ3v) is 1.91. The quantitative estimate of drug-likeness (QED) is 0.538. The largest absolute Gasteiger partial charge is 0.492 e. The van der Waals surface area contributed by atoms with Gasteiger partial charge in [0.25, 0.3) is 0 Å². The first-order chi connectivity index (χ1) is 6.79. The molecule has 72 valence electrons. The molecule has 0 radical (unpaired) electrons. The van der Waals surface area contributed by atoms with Crippen LogP contribution in [0.3, 0.4) is 0 Å². The lowest BCUT2D eigenvalue weighted by Gasteiger charge is -2.09. The summed E-state index contributed by atoms with van der Waals surface area (Å²) in [5.74, 6) is 0.646. The maximum absolute atomic E-state index is 8.61. The van der Waals surface area contributed by atoms with Crippen molar-refractivity contribution in [3.8, 4) is 6.07 Å². The number of allylic oxidation sites excluding steroid dienone is 1. The van der Waals surface area contributed by atoms with Gasteiger partial charge in [0.05, 0.1) is 18.8 Å². The molecular weight excluding hydrogens is 174 g/mol. The average Bonchev–Trinajstić information content (AvgIpc) is 2.18. The van der Waals surface area contributed by atoms with Crippen LogP contribution >= 0.6 is 0 Å². The van der Waals surface area contributed by atoms with E-state index in [1.165, 1.54) is 6.08 Å². The van der Waals surface area contributed by atoms with Gasteiger partial charge < -0.3 is 4.74 Å². The summed E-state index contributed by atoms with van der Waals surface area (Å²) >= 11 is 0. The Kier molecular flexibility index (Phi) is 3.75. The minimum absolute atomic E-state index is 0.571. The molecule has 0 N–H and O–H groups in total. The third kappa shape index (κ3) is 2.37. The van der Waals surface area contributed by atoms with E-state index in [9.17, 15) is 0 Å². The van der Waals surface area contributed by atoms with Crippen LogP contribution in [0.15, 0.2) is 30.3 Å². The van der Waals surface area contributed by atoms with E-state index >= 15 is 0 Å². The summed E-state index contributed by atoms with van der Waals surface area (Å²) in [7, 11) is 0. The Bertz CT molecular complexity index is 374. The molecule has 14 heavy (non-hydrogen) atoms. The van der Waals surface area contributed by atoms with Crippen LogP contribution in [-0.4, -0.2) is 6.61 Å². The highest BCUT2D eigenvalue weighted by atomic mass is 16.5. The second kappa shape index (κ2) is 5.08. The van der Waals surface area contributed by atoms with Crippen LogP contribution in [0, 0.1) is 18.3 Å². The minimum atomic E-state index is 0.571. The van der Waals surface area contributed by atoms with Crippen molar-refractivity contribution in [3.05, 3.63) is 41.5 Å². The zero-order valence-corrected chi connectivity index (χ0v) is 8.45. The van der Waals surface area contributed by atoms with Gasteiger partial charge in [-0.1, -0.05) is 24.3 Å². The fourth-order valence-electron chi connectivity index (χ4n) is 1.26. The van der Waals surface area contributed by atoms with Crippen LogP contribution in [0.2, 0.25) is 0 Å². The number of benzene rings is 1. The van der Waals surface area contributed by atoms with Crippen LogP contribution in [-0.2, 0) is 4.74 Å². The third-order valence-electron chi connectivity index (χ3n) is 1.91. The standard InChI is InChI=1S/C12H13NO/c1-3-14-12(8-9-13)11-7-5-4-6-10(11)2/h4-8H,3H2,1-2H3/b12-8+. The van der Waals surface area contributed by atoms with Crippen molar-refractivity contribution in [1.29, 1.82) is 5.26 Å². The Hall–Kier alpha value is -1.75. The molecule has 2 nitrogen and oxygen atoms in total. The molecule has 0 amide bonds. The van der Waals surface area contributed by atoms with Gasteiger partial charge in [0, 0.05) is 5.56 Å². The maximum Gasteiger partial charge on any atom is 0.137 e. The number of nitrogens with zero attached hydrogens (tertiary/aromatic N) is 1. The Labute approximate surface area is 84.4 Å². The highest BCUT2D eigenvalue weighted by Crippen LogP contribution is 2.19. The van der Waals surface area contributed by atoms with Gasteiger partial charge in [-0.3, -0.25) is 0 Å². The van der Waals surface area contributed by atoms with Crippen molar-refractivity contribution >= 4 is 5.76 Å². The molecule has 0 fully saturated rings. The topological polar surface area (TPSA) is 33.0 Å². The lowest BCUT2D eigenvalue weighted by Crippen LogP contribution is -1.93. The predicted molar refractivity (Wildman–Crippen MR) is 56.4 cm³/mol. The number of hydrogen-bond donors (Lipinski definition) is 0. The number of nitriles is 1. The number of hydrogen-bond acceptors (Lipinski definition) is 2. The smallest absolute Gasteiger partial charge is 0.137 e. The molecule has 1 aromatic carbocycles. The molecule has 0 atom stereocenters. The Morgan fingerprint density at radius 2 is 2.21 bits per heavy atom. The Balaban J connectivity index is 3.07. The monoisotopic (exact) mass is 187 g/mol. The van der Waals surface area contributed by atoms with Crippen LogP contribution in [0.25, 0.3) is 5.76 Å². The van der Waals surface area contributed by atoms with E-state index in [2.05, 4.69) is 0 Å². The first-order valence-electron chi connectivity index (χ1n) is 4.58. The molecule has 0 spiro atoms. The van der Waals surface area contributed by atoms with Gasteiger partial charge >= 0.3 is 0 Å². The molecule has 0 heterocycles. The number of ether oxygens (including phenoxy) is 1. The van der Waals surface area contributed by atoms with Crippen molar-refractivity contribution < 1.29 is 4.74 Å². The second-order valence-corrected chi connectivity index (χ2v) is 2.89. The normalized spacial score (nSPS) is 10.8. The van der Waals surface area contributed by atoms with Gasteiger partial charge in [-0.2, -0.15) is 5.26 Å². The molecule has 0 bridgehead atoms. The Morgan fingerprint density at radius 3 is 2.79 bits per heavy atom. The zero-order valence-electron chi connectivity index (χ0n) is 8.45. The van der Waals surface area contributed by atoms with Gasteiger partial charge in [-0.15, -0.1) is 0 Å². The molecule has 0 aromatic heterocycles. The lowest BCUT2D eigenvalue weighted by molar-refractivity contribution is 0.298. The van der Waals surface area contributed by atoms with Crippen LogP contribution in [0.1, 0.15) is 18.1 Å². The highest BCUT2D eigenvalue weighted by molar-refractivity contribution is 5.64. The van der Waals surface area contributed by atoms with Gasteiger partial charge in [0.1, 0.15) is 5.76 Å². The first-order valence-corrected chi connectivity index (χ1v) is 4.58. The molecule has 0 aliphatic carbocycles. The van der Waals surface area contributed by atoms with E-state index in [0.29, 0.717) is 12.4 Å². The van der Waals surface area contributed by atoms with Crippen LogP contribution in [0.4, 0.5) is 0 Å². The minimum Gasteiger partial charge on any atom is -0.492 e. The molecular formula is C12H13NO. The van der Waals surface area contributed by atoms with E-state index in [1.807, 2.05) is 44.2 Å². The lowest BCUT2D eigenvalue weighted by atomic mass is 10.1. The molecule has 1 rings (SSSR count). The van der Waals surface area contributed by atoms with Gasteiger partial charge in [0.2, 0.25) is 0 Å². The Morgan fingerprint density at radius 1 is 1.50 bits per heavy atom. The fourth-order valence-corrected chi connectivity index (χ4v) is 1.26. The van der Waals surface area contributed by atoms with Crippen LogP contribution < -0.4 is 0 Å². The van der Waals surface area contributed by atoms with Crippen molar-refractivity contribution in [2.24, 2.45) is 0 Å². The molecule has 0 aliphatic heterocycles. The van der Waals surface area contributed by atoms with Crippen molar-refractivity contribution in [3.63, 3.8) is 0 Å². The zero-order chi connectivity index (χ0) is 10.4. The molecule has 0 saturated heterocycles. The van der Waals surface area contributed by atoms with Crippen LogP contribution in [0.5, 0.6) is 0 Å². The fraction of sp³-hybridized carbons (Fsp3) is 0.250.